The molecule has 0 saturated carbocycles. The number of rotatable bonds is 8. The summed E-state index contributed by atoms with van der Waals surface area (Å²) < 4.78 is 5.98. The van der Waals surface area contributed by atoms with Gasteiger partial charge in [-0.3, -0.25) is 0 Å². The molecule has 0 radical (unpaired) electrons. The summed E-state index contributed by atoms with van der Waals surface area (Å²) in [5, 5.41) is 6.67. The van der Waals surface area contributed by atoms with Gasteiger partial charge < -0.3 is 15.4 Å². The summed E-state index contributed by atoms with van der Waals surface area (Å²) in [5.41, 5.74) is 0. The second-order valence-electron chi connectivity index (χ2n) is 3.63. The minimum atomic E-state index is 0.274. The number of methoxy groups -OCH3 is 1. The summed E-state index contributed by atoms with van der Waals surface area (Å²) in [7, 11) is 1.73. The van der Waals surface area contributed by atoms with E-state index in [0.717, 1.165) is 30.5 Å². The van der Waals surface area contributed by atoms with Crippen LogP contribution in [0.3, 0.4) is 0 Å². The van der Waals surface area contributed by atoms with E-state index in [0.29, 0.717) is 0 Å². The van der Waals surface area contributed by atoms with Crippen LogP contribution < -0.4 is 10.6 Å². The molecule has 3 nitrogen and oxygen atoms in total. The van der Waals surface area contributed by atoms with Gasteiger partial charge in [0.2, 0.25) is 0 Å². The number of ether oxygens (including phenoxy) is 1. The molecule has 0 aromatic carbocycles. The zero-order chi connectivity index (χ0) is 11.8. The first kappa shape index (κ1) is 13.9. The molecule has 0 bridgehead atoms. The van der Waals surface area contributed by atoms with E-state index in [4.69, 9.17) is 16.3 Å². The molecule has 1 aromatic heterocycles. The fraction of sp³-hybridized carbons (Fsp3) is 0.636. The standard InChI is InChI=1S/C11H19ClN2OS/c1-9(15-2)7-13-5-6-14-8-10-3-4-11(12)16-10/h3-4,9,13-14H,5-8H2,1-2H3. The fourth-order valence-corrected chi connectivity index (χ4v) is 2.28. The van der Waals surface area contributed by atoms with Gasteiger partial charge in [0.25, 0.3) is 0 Å². The molecular weight excluding hydrogens is 244 g/mol. The lowest BCUT2D eigenvalue weighted by Gasteiger charge is -2.10. The molecule has 0 aliphatic heterocycles. The van der Waals surface area contributed by atoms with Crippen molar-refractivity contribution in [3.05, 3.63) is 21.3 Å². The van der Waals surface area contributed by atoms with Gasteiger partial charge in [0.1, 0.15) is 0 Å². The van der Waals surface area contributed by atoms with E-state index in [2.05, 4.69) is 16.7 Å². The average Bonchev–Trinajstić information content (AvgIpc) is 2.69. The molecule has 1 heterocycles. The Bertz CT molecular complexity index is 293. The molecule has 1 aromatic rings. The molecule has 1 unspecified atom stereocenters. The van der Waals surface area contributed by atoms with Gasteiger partial charge in [0, 0.05) is 38.2 Å². The van der Waals surface area contributed by atoms with E-state index in [1.54, 1.807) is 18.4 Å². The molecule has 0 aliphatic carbocycles. The third-order valence-electron chi connectivity index (χ3n) is 2.24. The fourth-order valence-electron chi connectivity index (χ4n) is 1.22. The Morgan fingerprint density at radius 3 is 2.75 bits per heavy atom. The lowest BCUT2D eigenvalue weighted by Crippen LogP contribution is -2.32. The molecular formula is C11H19ClN2OS. The highest BCUT2D eigenvalue weighted by Gasteiger charge is 1.98. The summed E-state index contributed by atoms with van der Waals surface area (Å²) in [5.74, 6) is 0. The van der Waals surface area contributed by atoms with Crippen LogP contribution in [0.15, 0.2) is 12.1 Å². The third kappa shape index (κ3) is 5.82. The summed E-state index contributed by atoms with van der Waals surface area (Å²) in [6, 6.07) is 3.99. The van der Waals surface area contributed by atoms with Gasteiger partial charge >= 0.3 is 0 Å². The zero-order valence-electron chi connectivity index (χ0n) is 9.75. The summed E-state index contributed by atoms with van der Waals surface area (Å²) in [6.07, 6.45) is 0.274. The number of halogens is 1. The van der Waals surface area contributed by atoms with Crippen molar-refractivity contribution < 1.29 is 4.74 Å². The lowest BCUT2D eigenvalue weighted by atomic mass is 10.4. The largest absolute Gasteiger partial charge is 0.380 e. The van der Waals surface area contributed by atoms with Gasteiger partial charge in [-0.1, -0.05) is 11.6 Å². The SMILES string of the molecule is COC(C)CNCCNCc1ccc(Cl)s1. The highest BCUT2D eigenvalue weighted by atomic mass is 35.5. The number of hydrogen-bond donors (Lipinski definition) is 2. The van der Waals surface area contributed by atoms with Crippen molar-refractivity contribution in [2.45, 2.75) is 19.6 Å². The average molecular weight is 263 g/mol. The number of thiophene rings is 1. The van der Waals surface area contributed by atoms with Crippen LogP contribution in [0, 0.1) is 0 Å². The molecule has 0 fully saturated rings. The molecule has 92 valence electrons. The van der Waals surface area contributed by atoms with Gasteiger partial charge in [-0.25, -0.2) is 0 Å². The van der Waals surface area contributed by atoms with Crippen molar-refractivity contribution in [2.75, 3.05) is 26.7 Å². The maximum atomic E-state index is 5.84. The van der Waals surface area contributed by atoms with E-state index >= 15 is 0 Å². The maximum absolute atomic E-state index is 5.84. The third-order valence-corrected chi connectivity index (χ3v) is 3.47. The Morgan fingerprint density at radius 1 is 1.38 bits per heavy atom. The van der Waals surface area contributed by atoms with Gasteiger partial charge in [-0.15, -0.1) is 11.3 Å². The van der Waals surface area contributed by atoms with Crippen LogP contribution in [-0.2, 0) is 11.3 Å². The van der Waals surface area contributed by atoms with Crippen molar-refractivity contribution in [1.29, 1.82) is 0 Å². The van der Waals surface area contributed by atoms with E-state index in [1.807, 2.05) is 13.0 Å². The molecule has 0 saturated heterocycles. The zero-order valence-corrected chi connectivity index (χ0v) is 11.3. The quantitative estimate of drug-likeness (QED) is 0.704. The van der Waals surface area contributed by atoms with Crippen molar-refractivity contribution in [3.63, 3.8) is 0 Å². The molecule has 1 atom stereocenters. The summed E-state index contributed by atoms with van der Waals surface area (Å²) in [4.78, 5) is 1.27. The Balaban J connectivity index is 1.96. The molecule has 5 heteroatoms. The van der Waals surface area contributed by atoms with Gasteiger partial charge in [0.15, 0.2) is 0 Å². The van der Waals surface area contributed by atoms with E-state index in [1.165, 1.54) is 4.88 Å². The van der Waals surface area contributed by atoms with Crippen LogP contribution in [0.4, 0.5) is 0 Å². The molecule has 1 rings (SSSR count). The number of nitrogens with one attached hydrogen (secondary N) is 2. The first-order valence-electron chi connectivity index (χ1n) is 5.41. The predicted molar refractivity (Wildman–Crippen MR) is 70.4 cm³/mol. The van der Waals surface area contributed by atoms with Crippen LogP contribution in [0.2, 0.25) is 4.34 Å². The van der Waals surface area contributed by atoms with Crippen LogP contribution >= 0.6 is 22.9 Å². The van der Waals surface area contributed by atoms with Crippen LogP contribution in [0.5, 0.6) is 0 Å². The monoisotopic (exact) mass is 262 g/mol. The minimum Gasteiger partial charge on any atom is -0.380 e. The number of hydrogen-bond acceptors (Lipinski definition) is 4. The van der Waals surface area contributed by atoms with Crippen LogP contribution in [0.25, 0.3) is 0 Å². The van der Waals surface area contributed by atoms with Crippen molar-refractivity contribution in [1.82, 2.24) is 10.6 Å². The second kappa shape index (κ2) is 8.03. The van der Waals surface area contributed by atoms with Crippen molar-refractivity contribution >= 4 is 22.9 Å². The molecule has 16 heavy (non-hydrogen) atoms. The molecule has 0 aliphatic rings. The Morgan fingerprint density at radius 2 is 2.12 bits per heavy atom. The van der Waals surface area contributed by atoms with Gasteiger partial charge in [-0.2, -0.15) is 0 Å². The topological polar surface area (TPSA) is 33.3 Å². The minimum absolute atomic E-state index is 0.274. The van der Waals surface area contributed by atoms with E-state index in [-0.39, 0.29) is 6.10 Å². The second-order valence-corrected chi connectivity index (χ2v) is 5.43. The van der Waals surface area contributed by atoms with Crippen molar-refractivity contribution in [2.24, 2.45) is 0 Å². The summed E-state index contributed by atoms with van der Waals surface area (Å²) in [6.45, 7) is 5.73. The summed E-state index contributed by atoms with van der Waals surface area (Å²) >= 11 is 7.46. The Labute approximate surface area is 106 Å². The highest BCUT2D eigenvalue weighted by molar-refractivity contribution is 7.16. The van der Waals surface area contributed by atoms with Crippen molar-refractivity contribution in [3.8, 4) is 0 Å². The maximum Gasteiger partial charge on any atom is 0.0931 e. The normalized spacial score (nSPS) is 12.9. The van der Waals surface area contributed by atoms with Gasteiger partial charge in [-0.05, 0) is 19.1 Å². The first-order chi connectivity index (χ1) is 7.72. The highest BCUT2D eigenvalue weighted by Crippen LogP contribution is 2.20. The molecule has 2 N–H and O–H groups in total. The van der Waals surface area contributed by atoms with Crippen LogP contribution in [0.1, 0.15) is 11.8 Å². The molecule has 0 spiro atoms. The first-order valence-corrected chi connectivity index (χ1v) is 6.60. The molecule has 0 amide bonds. The van der Waals surface area contributed by atoms with Crippen LogP contribution in [-0.4, -0.2) is 32.8 Å². The predicted octanol–water partition coefficient (Wildman–Crippen LogP) is 2.12. The van der Waals surface area contributed by atoms with E-state index < -0.39 is 0 Å². The smallest absolute Gasteiger partial charge is 0.0931 e. The Kier molecular flexibility index (Phi) is 7.00. The van der Waals surface area contributed by atoms with E-state index in [9.17, 15) is 0 Å². The lowest BCUT2D eigenvalue weighted by molar-refractivity contribution is 0.117. The Hall–Kier alpha value is -0.130. The van der Waals surface area contributed by atoms with Gasteiger partial charge in [0.05, 0.1) is 10.4 Å².